The number of amides is 1. The maximum Gasteiger partial charge on any atom is 0.243 e. The molecule has 1 aromatic carbocycles. The van der Waals surface area contributed by atoms with E-state index in [1.807, 2.05) is 6.07 Å². The SMILES string of the molecule is N#Cc1ccc(S(=O)(=O)N2CCc3c(ncnc3NC(=O)C34CC5CC(CC(C5)C3)C4)C2)cc1. The third-order valence-corrected chi connectivity index (χ3v) is 10.2. The molecule has 5 aliphatic rings. The Morgan fingerprint density at radius 1 is 1.06 bits per heavy atom. The summed E-state index contributed by atoms with van der Waals surface area (Å²) in [4.78, 5) is 22.4. The van der Waals surface area contributed by atoms with Crippen LogP contribution in [0.2, 0.25) is 0 Å². The third-order valence-electron chi connectivity index (χ3n) is 8.34. The number of hydrogen-bond donors (Lipinski definition) is 1. The maximum absolute atomic E-state index is 13.5. The van der Waals surface area contributed by atoms with Crippen molar-refractivity contribution in [2.45, 2.75) is 56.4 Å². The molecular formula is C25H27N5O3S. The second kappa shape index (κ2) is 7.85. The molecule has 0 saturated heterocycles. The standard InChI is InChI=1S/C25H27N5O3S/c26-13-16-1-3-20(4-2-16)34(32,33)30-6-5-21-22(14-30)27-15-28-23(21)29-24(31)25-10-17-7-18(11-25)9-19(8-17)12-25/h1-4,15,17-19H,5-12,14H2,(H,27,28,29,31). The molecular weight excluding hydrogens is 450 g/mol. The molecule has 1 aromatic heterocycles. The average Bonchev–Trinajstić information content (AvgIpc) is 2.83. The zero-order chi connectivity index (χ0) is 23.5. The van der Waals surface area contributed by atoms with Gasteiger partial charge < -0.3 is 5.32 Å². The fourth-order valence-corrected chi connectivity index (χ4v) is 8.52. The Morgan fingerprint density at radius 3 is 2.32 bits per heavy atom. The molecule has 0 spiro atoms. The Kier molecular flexibility index (Phi) is 5.01. The van der Waals surface area contributed by atoms with Crippen LogP contribution in [0.3, 0.4) is 0 Å². The van der Waals surface area contributed by atoms with E-state index in [1.165, 1.54) is 54.2 Å². The van der Waals surface area contributed by atoms with Crippen molar-refractivity contribution in [3.8, 4) is 6.07 Å². The van der Waals surface area contributed by atoms with Crippen LogP contribution in [0.5, 0.6) is 0 Å². The van der Waals surface area contributed by atoms with Crippen molar-refractivity contribution in [1.82, 2.24) is 14.3 Å². The first-order chi connectivity index (χ1) is 16.4. The Labute approximate surface area is 199 Å². The lowest BCUT2D eigenvalue weighted by atomic mass is 9.49. The highest BCUT2D eigenvalue weighted by molar-refractivity contribution is 7.89. The molecule has 2 aromatic rings. The van der Waals surface area contributed by atoms with Gasteiger partial charge >= 0.3 is 0 Å². The summed E-state index contributed by atoms with van der Waals surface area (Å²) >= 11 is 0. The second-order valence-electron chi connectivity index (χ2n) is 10.5. The number of aromatic nitrogens is 2. The van der Waals surface area contributed by atoms with Gasteiger partial charge in [-0.15, -0.1) is 0 Å². The van der Waals surface area contributed by atoms with Gasteiger partial charge in [-0.1, -0.05) is 0 Å². The highest BCUT2D eigenvalue weighted by atomic mass is 32.2. The first-order valence-electron chi connectivity index (χ1n) is 12.0. The van der Waals surface area contributed by atoms with E-state index < -0.39 is 10.0 Å². The summed E-state index contributed by atoms with van der Waals surface area (Å²) in [6, 6.07) is 7.93. The van der Waals surface area contributed by atoms with Crippen molar-refractivity contribution in [1.29, 1.82) is 5.26 Å². The number of fused-ring (bicyclic) bond motifs is 1. The molecule has 4 aliphatic carbocycles. The second-order valence-corrected chi connectivity index (χ2v) is 12.5. The number of benzene rings is 1. The summed E-state index contributed by atoms with van der Waals surface area (Å²) in [5, 5.41) is 12.1. The number of hydrogen-bond acceptors (Lipinski definition) is 6. The topological polar surface area (TPSA) is 116 Å². The van der Waals surface area contributed by atoms with E-state index in [0.717, 1.165) is 24.8 Å². The Hall–Kier alpha value is -2.83. The summed E-state index contributed by atoms with van der Waals surface area (Å²) in [6.07, 6.45) is 8.61. The fourth-order valence-electron chi connectivity index (χ4n) is 7.12. The van der Waals surface area contributed by atoms with Crippen molar-refractivity contribution < 1.29 is 13.2 Å². The number of nitriles is 1. The molecule has 2 heterocycles. The van der Waals surface area contributed by atoms with Crippen LogP contribution in [0.1, 0.15) is 55.3 Å². The molecule has 0 radical (unpaired) electrons. The van der Waals surface area contributed by atoms with Gasteiger partial charge in [-0.05, 0) is 87.0 Å². The van der Waals surface area contributed by atoms with Crippen molar-refractivity contribution in [2.75, 3.05) is 11.9 Å². The van der Waals surface area contributed by atoms with Gasteiger partial charge in [0.05, 0.1) is 34.2 Å². The van der Waals surface area contributed by atoms with E-state index in [2.05, 4.69) is 15.3 Å². The summed E-state index contributed by atoms with van der Waals surface area (Å²) < 4.78 is 27.7. The number of nitrogens with zero attached hydrogens (tertiary/aromatic N) is 4. The average molecular weight is 478 g/mol. The van der Waals surface area contributed by atoms with Crippen molar-refractivity contribution in [2.24, 2.45) is 23.2 Å². The number of anilines is 1. The molecule has 1 N–H and O–H groups in total. The third kappa shape index (κ3) is 3.51. The normalized spacial score (nSPS) is 29.9. The van der Waals surface area contributed by atoms with Crippen LogP contribution in [0.15, 0.2) is 35.5 Å². The van der Waals surface area contributed by atoms with Gasteiger partial charge in [-0.3, -0.25) is 4.79 Å². The number of carbonyl (C=O) groups is 1. The van der Waals surface area contributed by atoms with Gasteiger partial charge in [0.25, 0.3) is 0 Å². The van der Waals surface area contributed by atoms with Crippen LogP contribution in [0.4, 0.5) is 5.82 Å². The summed E-state index contributed by atoms with van der Waals surface area (Å²) in [6.45, 7) is 0.406. The number of nitrogens with one attached hydrogen (secondary N) is 1. The minimum atomic E-state index is -3.72. The minimum absolute atomic E-state index is 0.0835. The van der Waals surface area contributed by atoms with E-state index in [4.69, 9.17) is 5.26 Å². The fraction of sp³-hybridized carbons (Fsp3) is 0.520. The van der Waals surface area contributed by atoms with Crippen LogP contribution < -0.4 is 5.32 Å². The molecule has 4 fully saturated rings. The molecule has 1 aliphatic heterocycles. The molecule has 4 saturated carbocycles. The van der Waals surface area contributed by atoms with Gasteiger partial charge in [0.1, 0.15) is 12.1 Å². The quantitative estimate of drug-likeness (QED) is 0.723. The van der Waals surface area contributed by atoms with Gasteiger partial charge in [0.15, 0.2) is 0 Å². The smallest absolute Gasteiger partial charge is 0.243 e. The van der Waals surface area contributed by atoms with E-state index in [1.54, 1.807) is 0 Å². The largest absolute Gasteiger partial charge is 0.310 e. The molecule has 0 atom stereocenters. The lowest BCUT2D eigenvalue weighted by Crippen LogP contribution is -2.52. The molecule has 8 nitrogen and oxygen atoms in total. The first kappa shape index (κ1) is 21.7. The summed E-state index contributed by atoms with van der Waals surface area (Å²) in [7, 11) is -3.72. The van der Waals surface area contributed by atoms with Gasteiger partial charge in [-0.2, -0.15) is 9.57 Å². The van der Waals surface area contributed by atoms with Crippen LogP contribution >= 0.6 is 0 Å². The lowest BCUT2D eigenvalue weighted by molar-refractivity contribution is -0.140. The highest BCUT2D eigenvalue weighted by Crippen LogP contribution is 2.60. The predicted octanol–water partition coefficient (Wildman–Crippen LogP) is 3.25. The number of rotatable bonds is 4. The summed E-state index contributed by atoms with van der Waals surface area (Å²) in [5.74, 6) is 2.65. The van der Waals surface area contributed by atoms with E-state index >= 15 is 0 Å². The number of carbonyl (C=O) groups excluding carboxylic acids is 1. The maximum atomic E-state index is 13.5. The lowest BCUT2D eigenvalue weighted by Gasteiger charge is -2.55. The zero-order valence-corrected chi connectivity index (χ0v) is 19.7. The highest BCUT2D eigenvalue weighted by Gasteiger charge is 2.54. The van der Waals surface area contributed by atoms with Crippen LogP contribution in [-0.2, 0) is 27.8 Å². The Bertz CT molecular complexity index is 1260. The first-order valence-corrected chi connectivity index (χ1v) is 13.4. The minimum Gasteiger partial charge on any atom is -0.310 e. The van der Waals surface area contributed by atoms with Gasteiger partial charge in [0, 0.05) is 12.1 Å². The van der Waals surface area contributed by atoms with Crippen molar-refractivity contribution >= 4 is 21.7 Å². The molecule has 4 bridgehead atoms. The molecule has 34 heavy (non-hydrogen) atoms. The van der Waals surface area contributed by atoms with Crippen LogP contribution in [-0.4, -0.2) is 35.1 Å². The van der Waals surface area contributed by atoms with Crippen molar-refractivity contribution in [3.63, 3.8) is 0 Å². The predicted molar refractivity (Wildman–Crippen MR) is 124 cm³/mol. The molecule has 1 amide bonds. The summed E-state index contributed by atoms with van der Waals surface area (Å²) in [5.41, 5.74) is 1.59. The molecule has 9 heteroatoms. The Morgan fingerprint density at radius 2 is 1.71 bits per heavy atom. The monoisotopic (exact) mass is 477 g/mol. The van der Waals surface area contributed by atoms with Gasteiger partial charge in [0.2, 0.25) is 15.9 Å². The molecule has 0 unspecified atom stereocenters. The zero-order valence-electron chi connectivity index (χ0n) is 18.9. The van der Waals surface area contributed by atoms with Crippen LogP contribution in [0.25, 0.3) is 0 Å². The van der Waals surface area contributed by atoms with Crippen LogP contribution in [0, 0.1) is 34.5 Å². The number of sulfonamides is 1. The molecule has 7 rings (SSSR count). The van der Waals surface area contributed by atoms with Gasteiger partial charge in [-0.25, -0.2) is 18.4 Å². The van der Waals surface area contributed by atoms with E-state index in [9.17, 15) is 13.2 Å². The van der Waals surface area contributed by atoms with E-state index in [-0.39, 0.29) is 29.3 Å². The van der Waals surface area contributed by atoms with E-state index in [0.29, 0.717) is 41.2 Å². The van der Waals surface area contributed by atoms with Crippen molar-refractivity contribution in [3.05, 3.63) is 47.4 Å². The Balaban J connectivity index is 1.22. The molecule has 176 valence electrons.